The quantitative estimate of drug-likeness (QED) is 0.502. The Labute approximate surface area is 97.8 Å². The van der Waals surface area contributed by atoms with Crippen LogP contribution in [0.3, 0.4) is 0 Å². The predicted octanol–water partition coefficient (Wildman–Crippen LogP) is 1.81. The van der Waals surface area contributed by atoms with E-state index in [2.05, 4.69) is 31.9 Å². The molecular formula is C6H6BBr2ClO3. The van der Waals surface area contributed by atoms with Gasteiger partial charge in [-0.15, -0.1) is 0 Å². The molecule has 0 aliphatic carbocycles. The second-order valence-corrected chi connectivity index (χ2v) is 3.97. The largest absolute Gasteiger partial charge is 0.631 e. The summed E-state index contributed by atoms with van der Waals surface area (Å²) in [4.78, 5) is 0. The Balaban J connectivity index is 0.000000310. The molecular weight excluding hydrogens is 326 g/mol. The standard InChI is InChI=1S/C6H3Br2Cl.BH3O3/c7-4-2-1-3-5(8)6(4)9;2-1(3)4/h1-3H;2-4H. The van der Waals surface area contributed by atoms with E-state index in [4.69, 9.17) is 26.7 Å². The van der Waals surface area contributed by atoms with E-state index in [1.165, 1.54) is 0 Å². The minimum Gasteiger partial charge on any atom is -0.402 e. The Bertz CT molecular complexity index is 249. The van der Waals surface area contributed by atoms with Gasteiger partial charge in [0, 0.05) is 8.95 Å². The maximum atomic E-state index is 7.17. The Kier molecular flexibility index (Phi) is 7.03. The van der Waals surface area contributed by atoms with E-state index in [9.17, 15) is 0 Å². The lowest BCUT2D eigenvalue weighted by molar-refractivity contribution is 0.278. The van der Waals surface area contributed by atoms with Gasteiger partial charge in [0.05, 0.1) is 5.02 Å². The molecule has 0 heterocycles. The molecule has 0 amide bonds. The van der Waals surface area contributed by atoms with Crippen molar-refractivity contribution in [2.75, 3.05) is 0 Å². The van der Waals surface area contributed by atoms with Crippen molar-refractivity contribution in [3.8, 4) is 0 Å². The molecule has 1 rings (SSSR count). The third kappa shape index (κ3) is 6.48. The summed E-state index contributed by atoms with van der Waals surface area (Å²) in [6.45, 7) is 0. The van der Waals surface area contributed by atoms with Crippen LogP contribution in [0.1, 0.15) is 0 Å². The Morgan fingerprint density at radius 2 is 1.38 bits per heavy atom. The van der Waals surface area contributed by atoms with Gasteiger partial charge in [0.25, 0.3) is 0 Å². The lowest BCUT2D eigenvalue weighted by atomic mass is 10.3. The summed E-state index contributed by atoms with van der Waals surface area (Å²) in [6.07, 6.45) is 0. The van der Waals surface area contributed by atoms with Crippen LogP contribution in [0.4, 0.5) is 0 Å². The summed E-state index contributed by atoms with van der Waals surface area (Å²) in [5, 5.41) is 22.2. The second-order valence-electron chi connectivity index (χ2n) is 1.88. The number of rotatable bonds is 0. The third-order valence-electron chi connectivity index (χ3n) is 0.904. The van der Waals surface area contributed by atoms with Crippen LogP contribution in [-0.4, -0.2) is 22.4 Å². The molecule has 72 valence electrons. The van der Waals surface area contributed by atoms with E-state index in [0.717, 1.165) is 14.0 Å². The van der Waals surface area contributed by atoms with Crippen LogP contribution < -0.4 is 0 Å². The number of hydrogen-bond donors (Lipinski definition) is 3. The zero-order chi connectivity index (χ0) is 10.4. The highest BCUT2D eigenvalue weighted by Crippen LogP contribution is 2.29. The highest BCUT2D eigenvalue weighted by Gasteiger charge is 1.97. The number of hydrogen-bond acceptors (Lipinski definition) is 3. The van der Waals surface area contributed by atoms with Crippen LogP contribution in [0.2, 0.25) is 5.02 Å². The summed E-state index contributed by atoms with van der Waals surface area (Å²) < 4.78 is 1.83. The summed E-state index contributed by atoms with van der Waals surface area (Å²) in [5.41, 5.74) is 0. The molecule has 0 saturated heterocycles. The fourth-order valence-corrected chi connectivity index (χ4v) is 1.60. The van der Waals surface area contributed by atoms with Crippen molar-refractivity contribution in [3.63, 3.8) is 0 Å². The minimum absolute atomic E-state index is 0.720. The maximum Gasteiger partial charge on any atom is 0.631 e. The van der Waals surface area contributed by atoms with Gasteiger partial charge < -0.3 is 15.1 Å². The Morgan fingerprint density at radius 1 is 1.08 bits per heavy atom. The molecule has 3 N–H and O–H groups in total. The average molecular weight is 332 g/mol. The molecule has 0 radical (unpaired) electrons. The molecule has 0 bridgehead atoms. The molecule has 7 heteroatoms. The van der Waals surface area contributed by atoms with Crippen molar-refractivity contribution in [3.05, 3.63) is 32.2 Å². The molecule has 0 unspecified atom stereocenters. The first-order chi connectivity index (χ1) is 5.95. The van der Waals surface area contributed by atoms with Gasteiger partial charge in [-0.05, 0) is 44.0 Å². The summed E-state index contributed by atoms with van der Waals surface area (Å²) in [6, 6.07) is 5.71. The predicted molar refractivity (Wildman–Crippen MR) is 59.3 cm³/mol. The van der Waals surface area contributed by atoms with Crippen LogP contribution >= 0.6 is 43.5 Å². The summed E-state index contributed by atoms with van der Waals surface area (Å²) in [7, 11) is -2.17. The monoisotopic (exact) mass is 330 g/mol. The fourth-order valence-electron chi connectivity index (χ4n) is 0.477. The Hall–Kier alpha value is 0.415. The lowest BCUT2D eigenvalue weighted by Gasteiger charge is -1.95. The summed E-state index contributed by atoms with van der Waals surface area (Å²) in [5.74, 6) is 0. The average Bonchev–Trinajstić information content (AvgIpc) is 1.99. The van der Waals surface area contributed by atoms with Gasteiger partial charge in [-0.2, -0.15) is 0 Å². The molecule has 0 aliphatic rings. The van der Waals surface area contributed by atoms with Gasteiger partial charge in [0.2, 0.25) is 0 Å². The molecule has 0 saturated carbocycles. The van der Waals surface area contributed by atoms with Crippen molar-refractivity contribution in [2.24, 2.45) is 0 Å². The Morgan fingerprint density at radius 3 is 1.62 bits per heavy atom. The van der Waals surface area contributed by atoms with Crippen molar-refractivity contribution in [1.29, 1.82) is 0 Å². The minimum atomic E-state index is -2.17. The second kappa shape index (κ2) is 6.81. The van der Waals surface area contributed by atoms with E-state index >= 15 is 0 Å². The molecule has 3 nitrogen and oxygen atoms in total. The summed E-state index contributed by atoms with van der Waals surface area (Å²) >= 11 is 12.4. The van der Waals surface area contributed by atoms with E-state index in [0.29, 0.717) is 0 Å². The van der Waals surface area contributed by atoms with Crippen molar-refractivity contribution in [1.82, 2.24) is 0 Å². The van der Waals surface area contributed by atoms with Crippen molar-refractivity contribution >= 4 is 50.8 Å². The lowest BCUT2D eigenvalue weighted by Crippen LogP contribution is -2.07. The number of benzene rings is 1. The van der Waals surface area contributed by atoms with Gasteiger partial charge in [0.1, 0.15) is 0 Å². The highest BCUT2D eigenvalue weighted by atomic mass is 79.9. The van der Waals surface area contributed by atoms with E-state index in [-0.39, 0.29) is 0 Å². The SMILES string of the molecule is Clc1c(Br)cccc1Br.OB(O)O. The zero-order valence-electron chi connectivity index (χ0n) is 6.28. The molecule has 0 aromatic heterocycles. The molecule has 1 aromatic carbocycles. The first-order valence-corrected chi connectivity index (χ1v) is 5.05. The zero-order valence-corrected chi connectivity index (χ0v) is 10.2. The molecule has 0 fully saturated rings. The third-order valence-corrected chi connectivity index (χ3v) is 3.09. The first kappa shape index (κ1) is 13.4. The van der Waals surface area contributed by atoms with Gasteiger partial charge in [-0.25, -0.2) is 0 Å². The topological polar surface area (TPSA) is 60.7 Å². The van der Waals surface area contributed by atoms with Crippen LogP contribution in [0.25, 0.3) is 0 Å². The maximum absolute atomic E-state index is 7.17. The van der Waals surface area contributed by atoms with Crippen LogP contribution in [-0.2, 0) is 0 Å². The van der Waals surface area contributed by atoms with Crippen molar-refractivity contribution in [2.45, 2.75) is 0 Å². The smallest absolute Gasteiger partial charge is 0.402 e. The van der Waals surface area contributed by atoms with Crippen LogP contribution in [0.15, 0.2) is 27.1 Å². The van der Waals surface area contributed by atoms with Crippen LogP contribution in [0.5, 0.6) is 0 Å². The van der Waals surface area contributed by atoms with E-state index < -0.39 is 7.32 Å². The van der Waals surface area contributed by atoms with E-state index in [1.807, 2.05) is 18.2 Å². The van der Waals surface area contributed by atoms with Gasteiger partial charge >= 0.3 is 7.32 Å². The van der Waals surface area contributed by atoms with Gasteiger partial charge in [-0.1, -0.05) is 17.7 Å². The molecule has 0 atom stereocenters. The van der Waals surface area contributed by atoms with Gasteiger partial charge in [-0.3, -0.25) is 0 Å². The highest BCUT2D eigenvalue weighted by molar-refractivity contribution is 9.11. The van der Waals surface area contributed by atoms with Gasteiger partial charge in [0.15, 0.2) is 0 Å². The molecule has 1 aromatic rings. The van der Waals surface area contributed by atoms with E-state index in [1.54, 1.807) is 0 Å². The van der Waals surface area contributed by atoms with Crippen molar-refractivity contribution < 1.29 is 15.1 Å². The normalized spacial score (nSPS) is 8.77. The molecule has 0 spiro atoms. The molecule has 13 heavy (non-hydrogen) atoms. The molecule has 0 aliphatic heterocycles. The van der Waals surface area contributed by atoms with Crippen LogP contribution in [0, 0.1) is 0 Å². The number of halogens is 3. The fraction of sp³-hybridized carbons (Fsp3) is 0. The first-order valence-electron chi connectivity index (χ1n) is 3.09.